The van der Waals surface area contributed by atoms with E-state index >= 15 is 0 Å². The maximum absolute atomic E-state index is 13.6. The number of hydrogen-bond donors (Lipinski definition) is 0. The predicted octanol–water partition coefficient (Wildman–Crippen LogP) is 5.38. The minimum Gasteiger partial charge on any atom is -0.353 e. The van der Waals surface area contributed by atoms with E-state index in [1.54, 1.807) is 16.4 Å². The molecule has 7 rings (SSSR count). The fraction of sp³-hybridized carbons (Fsp3) is 0.182. The Bertz CT molecular complexity index is 2000. The maximum atomic E-state index is 13.6. The maximum Gasteiger partial charge on any atom is 0.243 e. The summed E-state index contributed by atoms with van der Waals surface area (Å²) in [5.41, 5.74) is 3.64. The highest BCUT2D eigenvalue weighted by molar-refractivity contribution is 7.89. The fourth-order valence-electron chi connectivity index (χ4n) is 5.66. The number of piperazine rings is 1. The Hall–Kier alpha value is -4.60. The number of rotatable bonds is 6. The molecule has 0 N–H and O–H groups in total. The molecule has 4 aromatic carbocycles. The zero-order valence-electron chi connectivity index (χ0n) is 23.3. The average molecular weight is 575 g/mol. The number of nitrogens with zero attached hydrogens (tertiary/aromatic N) is 6. The summed E-state index contributed by atoms with van der Waals surface area (Å²) in [5.74, 6) is 1.50. The van der Waals surface area contributed by atoms with Gasteiger partial charge >= 0.3 is 0 Å². The molecule has 6 aromatic rings. The van der Waals surface area contributed by atoms with E-state index in [4.69, 9.17) is 15.1 Å². The first kappa shape index (κ1) is 26.3. The molecule has 0 saturated carbocycles. The van der Waals surface area contributed by atoms with Gasteiger partial charge in [0.2, 0.25) is 10.0 Å². The van der Waals surface area contributed by atoms with Crippen molar-refractivity contribution in [2.75, 3.05) is 31.1 Å². The van der Waals surface area contributed by atoms with Crippen LogP contribution >= 0.6 is 0 Å². The Morgan fingerprint density at radius 2 is 1.40 bits per heavy atom. The van der Waals surface area contributed by atoms with Crippen molar-refractivity contribution >= 4 is 37.6 Å². The topological polar surface area (TPSA) is 84.2 Å². The van der Waals surface area contributed by atoms with Gasteiger partial charge in [0.1, 0.15) is 11.6 Å². The monoisotopic (exact) mass is 574 g/mol. The lowest BCUT2D eigenvalue weighted by Crippen LogP contribution is -2.49. The summed E-state index contributed by atoms with van der Waals surface area (Å²) in [5, 5.41) is 7.69. The summed E-state index contributed by atoms with van der Waals surface area (Å²) >= 11 is 0. The molecule has 0 amide bonds. The summed E-state index contributed by atoms with van der Waals surface area (Å²) in [7, 11) is -3.63. The van der Waals surface area contributed by atoms with Crippen molar-refractivity contribution in [1.82, 2.24) is 24.1 Å². The van der Waals surface area contributed by atoms with Gasteiger partial charge in [-0.1, -0.05) is 78.9 Å². The molecule has 0 radical (unpaired) electrons. The van der Waals surface area contributed by atoms with Crippen molar-refractivity contribution in [3.8, 4) is 5.69 Å². The van der Waals surface area contributed by atoms with Crippen LogP contribution < -0.4 is 4.90 Å². The molecule has 0 spiro atoms. The summed E-state index contributed by atoms with van der Waals surface area (Å²) < 4.78 is 30.7. The molecule has 0 aliphatic carbocycles. The van der Waals surface area contributed by atoms with Crippen LogP contribution in [0.15, 0.2) is 108 Å². The average Bonchev–Trinajstić information content (AvgIpc) is 3.37. The van der Waals surface area contributed by atoms with Gasteiger partial charge in [0, 0.05) is 32.6 Å². The lowest BCUT2D eigenvalue weighted by Gasteiger charge is -2.35. The van der Waals surface area contributed by atoms with E-state index in [1.165, 1.54) is 0 Å². The van der Waals surface area contributed by atoms with Crippen LogP contribution in [0.1, 0.15) is 17.1 Å². The predicted molar refractivity (Wildman–Crippen MR) is 166 cm³/mol. The van der Waals surface area contributed by atoms with E-state index in [1.807, 2.05) is 90.5 Å². The zero-order valence-corrected chi connectivity index (χ0v) is 24.1. The first-order valence-electron chi connectivity index (χ1n) is 14.1. The Kier molecular flexibility index (Phi) is 6.68. The Labute approximate surface area is 244 Å². The van der Waals surface area contributed by atoms with Gasteiger partial charge < -0.3 is 4.90 Å². The molecule has 2 aromatic heterocycles. The van der Waals surface area contributed by atoms with Gasteiger partial charge in [0.05, 0.1) is 21.7 Å². The molecule has 0 unspecified atom stereocenters. The van der Waals surface area contributed by atoms with Crippen molar-refractivity contribution in [1.29, 1.82) is 0 Å². The third kappa shape index (κ3) is 4.80. The molecule has 210 valence electrons. The molecule has 1 saturated heterocycles. The second-order valence-corrected chi connectivity index (χ2v) is 12.5. The highest BCUT2D eigenvalue weighted by atomic mass is 32.2. The number of para-hydroxylation sites is 1. The quantitative estimate of drug-likeness (QED) is 0.266. The second kappa shape index (κ2) is 10.7. The first-order chi connectivity index (χ1) is 20.5. The van der Waals surface area contributed by atoms with Gasteiger partial charge in [-0.15, -0.1) is 0 Å². The summed E-state index contributed by atoms with van der Waals surface area (Å²) in [6.45, 7) is 3.73. The summed E-state index contributed by atoms with van der Waals surface area (Å²) in [6.07, 6.45) is 0.582. The molecular formula is C33H30N6O2S. The van der Waals surface area contributed by atoms with Crippen LogP contribution in [-0.4, -0.2) is 58.7 Å². The van der Waals surface area contributed by atoms with Gasteiger partial charge in [0.25, 0.3) is 0 Å². The molecule has 1 fully saturated rings. The summed E-state index contributed by atoms with van der Waals surface area (Å²) in [6, 6.07) is 33.3. The molecule has 1 aliphatic rings. The van der Waals surface area contributed by atoms with Crippen molar-refractivity contribution in [2.24, 2.45) is 0 Å². The third-order valence-corrected chi connectivity index (χ3v) is 9.73. The van der Waals surface area contributed by atoms with E-state index in [9.17, 15) is 8.42 Å². The smallest absolute Gasteiger partial charge is 0.243 e. The van der Waals surface area contributed by atoms with Gasteiger partial charge in [-0.3, -0.25) is 0 Å². The highest BCUT2D eigenvalue weighted by Gasteiger charge is 2.31. The van der Waals surface area contributed by atoms with Crippen LogP contribution in [0.2, 0.25) is 0 Å². The van der Waals surface area contributed by atoms with Crippen molar-refractivity contribution in [3.05, 3.63) is 120 Å². The van der Waals surface area contributed by atoms with Gasteiger partial charge in [0.15, 0.2) is 5.65 Å². The standard InChI is InChI=1S/C33H30N6O2S/c1-24-31-32(37-18-20-38(21-19-37)42(40,41)29-17-16-26-12-8-9-13-27(26)23-29)34-30(22-25-10-4-2-5-11-25)35-33(31)39(36-24)28-14-6-3-7-15-28/h2-17,23H,18-22H2,1H3. The number of aromatic nitrogens is 4. The normalized spacial score (nSPS) is 14.5. The van der Waals surface area contributed by atoms with Crippen LogP contribution in [0.3, 0.4) is 0 Å². The Morgan fingerprint density at radius 3 is 2.14 bits per heavy atom. The number of benzene rings is 4. The summed E-state index contributed by atoms with van der Waals surface area (Å²) in [4.78, 5) is 12.6. The lowest BCUT2D eigenvalue weighted by molar-refractivity contribution is 0.384. The zero-order chi connectivity index (χ0) is 28.7. The van der Waals surface area contributed by atoms with Crippen molar-refractivity contribution in [3.63, 3.8) is 0 Å². The minimum absolute atomic E-state index is 0.323. The molecule has 9 heteroatoms. The SMILES string of the molecule is Cc1nn(-c2ccccc2)c2nc(Cc3ccccc3)nc(N3CCN(S(=O)(=O)c4ccc5ccccc5c4)CC3)c12. The van der Waals surface area contributed by atoms with Crippen LogP contribution in [0, 0.1) is 6.92 Å². The van der Waals surface area contributed by atoms with E-state index in [0.29, 0.717) is 43.3 Å². The molecule has 0 atom stereocenters. The molecule has 0 bridgehead atoms. The van der Waals surface area contributed by atoms with Crippen LogP contribution in [0.4, 0.5) is 5.82 Å². The molecule has 3 heterocycles. The van der Waals surface area contributed by atoms with Gasteiger partial charge in [-0.25, -0.2) is 23.1 Å². The number of aryl methyl sites for hydroxylation is 1. The van der Waals surface area contributed by atoms with Crippen molar-refractivity contribution < 1.29 is 8.42 Å². The van der Waals surface area contributed by atoms with E-state index < -0.39 is 10.0 Å². The molecule has 42 heavy (non-hydrogen) atoms. The molecular weight excluding hydrogens is 544 g/mol. The minimum atomic E-state index is -3.63. The fourth-order valence-corrected chi connectivity index (χ4v) is 7.12. The van der Waals surface area contributed by atoms with E-state index in [-0.39, 0.29) is 0 Å². The first-order valence-corrected chi connectivity index (χ1v) is 15.5. The highest BCUT2D eigenvalue weighted by Crippen LogP contribution is 2.31. The lowest BCUT2D eigenvalue weighted by atomic mass is 10.1. The van der Waals surface area contributed by atoms with E-state index in [0.717, 1.165) is 44.6 Å². The van der Waals surface area contributed by atoms with Gasteiger partial charge in [-0.05, 0) is 47.5 Å². The number of hydrogen-bond acceptors (Lipinski definition) is 6. The Morgan fingerprint density at radius 1 is 0.738 bits per heavy atom. The largest absolute Gasteiger partial charge is 0.353 e. The second-order valence-electron chi connectivity index (χ2n) is 10.6. The van der Waals surface area contributed by atoms with Crippen LogP contribution in [0.5, 0.6) is 0 Å². The number of anilines is 1. The molecule has 8 nitrogen and oxygen atoms in total. The third-order valence-electron chi connectivity index (χ3n) is 7.83. The number of sulfonamides is 1. The number of fused-ring (bicyclic) bond motifs is 2. The molecule has 1 aliphatic heterocycles. The Balaban J connectivity index is 1.23. The van der Waals surface area contributed by atoms with Crippen LogP contribution in [0.25, 0.3) is 27.5 Å². The van der Waals surface area contributed by atoms with Crippen molar-refractivity contribution in [2.45, 2.75) is 18.2 Å². The van der Waals surface area contributed by atoms with Gasteiger partial charge in [-0.2, -0.15) is 9.40 Å². The van der Waals surface area contributed by atoms with E-state index in [2.05, 4.69) is 17.0 Å². The van der Waals surface area contributed by atoms with Crippen LogP contribution in [-0.2, 0) is 16.4 Å².